The molecular weight excluding hydrogens is 400 g/mol. The van der Waals surface area contributed by atoms with Crippen molar-refractivity contribution in [2.24, 2.45) is 0 Å². The van der Waals surface area contributed by atoms with Gasteiger partial charge in [0.2, 0.25) is 15.8 Å². The zero-order valence-electron chi connectivity index (χ0n) is 16.5. The summed E-state index contributed by atoms with van der Waals surface area (Å²) in [5.41, 5.74) is 1.10. The third kappa shape index (κ3) is 4.90. The van der Waals surface area contributed by atoms with Crippen molar-refractivity contribution < 1.29 is 32.3 Å². The van der Waals surface area contributed by atoms with E-state index in [9.17, 15) is 22.8 Å². The zero-order chi connectivity index (χ0) is 21.8. The molecule has 0 aliphatic rings. The molecule has 2 N–H and O–H groups in total. The molecule has 0 aliphatic heterocycles. The van der Waals surface area contributed by atoms with Gasteiger partial charge in [0, 0.05) is 11.4 Å². The summed E-state index contributed by atoms with van der Waals surface area (Å²) >= 11 is 0. The SMILES string of the molecule is CCOC(=O)c1c(C)[nH]c(C)c1C(=O)COC(=O)c1cccc(S(=O)(=O)NC)c1. The molecule has 2 rings (SSSR count). The summed E-state index contributed by atoms with van der Waals surface area (Å²) in [6.45, 7) is 4.44. The van der Waals surface area contributed by atoms with E-state index in [2.05, 4.69) is 9.71 Å². The van der Waals surface area contributed by atoms with Crippen LogP contribution in [0.4, 0.5) is 0 Å². The number of nitrogens with one attached hydrogen (secondary N) is 2. The Morgan fingerprint density at radius 2 is 1.69 bits per heavy atom. The van der Waals surface area contributed by atoms with Gasteiger partial charge in [-0.2, -0.15) is 0 Å². The highest BCUT2D eigenvalue weighted by Gasteiger charge is 2.26. The summed E-state index contributed by atoms with van der Waals surface area (Å²) < 4.78 is 35.9. The minimum absolute atomic E-state index is 0.0262. The van der Waals surface area contributed by atoms with Gasteiger partial charge in [-0.3, -0.25) is 4.79 Å². The fourth-order valence-electron chi connectivity index (χ4n) is 2.78. The topological polar surface area (TPSA) is 132 Å². The van der Waals surface area contributed by atoms with Gasteiger partial charge in [-0.05, 0) is 46.0 Å². The molecular formula is C19H22N2O7S. The number of aryl methyl sites for hydroxylation is 2. The standard InChI is InChI=1S/C19H22N2O7S/c1-5-27-19(24)17-12(3)21-11(2)16(17)15(22)10-28-18(23)13-7-6-8-14(9-13)29(25,26)20-4/h6-9,20-21H,5,10H2,1-4H3. The molecule has 29 heavy (non-hydrogen) atoms. The fraction of sp³-hybridized carbons (Fsp3) is 0.316. The van der Waals surface area contributed by atoms with Crippen molar-refractivity contribution in [2.45, 2.75) is 25.7 Å². The van der Waals surface area contributed by atoms with E-state index in [4.69, 9.17) is 9.47 Å². The van der Waals surface area contributed by atoms with Gasteiger partial charge in [0.15, 0.2) is 6.61 Å². The second kappa shape index (κ2) is 9.01. The Morgan fingerprint density at radius 1 is 1.03 bits per heavy atom. The van der Waals surface area contributed by atoms with Crippen LogP contribution in [-0.2, 0) is 19.5 Å². The van der Waals surface area contributed by atoms with E-state index in [1.807, 2.05) is 0 Å². The summed E-state index contributed by atoms with van der Waals surface area (Å²) in [5, 5.41) is 0. The summed E-state index contributed by atoms with van der Waals surface area (Å²) in [5.74, 6) is -2.09. The Labute approximate surface area is 168 Å². The summed E-state index contributed by atoms with van der Waals surface area (Å²) in [6.07, 6.45) is 0. The largest absolute Gasteiger partial charge is 0.462 e. The highest BCUT2D eigenvalue weighted by atomic mass is 32.2. The number of carbonyl (C=O) groups is 3. The Hall–Kier alpha value is -2.98. The Kier molecular flexibility index (Phi) is 6.93. The van der Waals surface area contributed by atoms with Crippen LogP contribution in [0.1, 0.15) is 49.4 Å². The minimum atomic E-state index is -3.73. The Bertz CT molecular complexity index is 1050. The van der Waals surface area contributed by atoms with Crippen molar-refractivity contribution in [3.05, 3.63) is 52.3 Å². The number of sulfonamides is 1. The zero-order valence-corrected chi connectivity index (χ0v) is 17.3. The second-order valence-corrected chi connectivity index (χ2v) is 7.97. The number of esters is 2. The van der Waals surface area contributed by atoms with Crippen molar-refractivity contribution in [1.29, 1.82) is 0 Å². The summed E-state index contributed by atoms with van der Waals surface area (Å²) in [4.78, 5) is 39.8. The Balaban J connectivity index is 2.19. The van der Waals surface area contributed by atoms with Gasteiger partial charge in [0.1, 0.15) is 0 Å². The number of ketones is 1. The number of aromatic nitrogens is 1. The van der Waals surface area contributed by atoms with Gasteiger partial charge >= 0.3 is 11.9 Å². The van der Waals surface area contributed by atoms with Gasteiger partial charge in [0.25, 0.3) is 0 Å². The van der Waals surface area contributed by atoms with Crippen molar-refractivity contribution in [2.75, 3.05) is 20.3 Å². The van der Waals surface area contributed by atoms with Crippen LogP contribution in [0.2, 0.25) is 0 Å². The highest BCUT2D eigenvalue weighted by molar-refractivity contribution is 7.89. The molecule has 0 radical (unpaired) electrons. The predicted octanol–water partition coefficient (Wildman–Crippen LogP) is 1.76. The number of ether oxygens (including phenoxy) is 2. The molecule has 1 aromatic carbocycles. The van der Waals surface area contributed by atoms with E-state index < -0.39 is 34.4 Å². The van der Waals surface area contributed by atoms with Crippen molar-refractivity contribution in [1.82, 2.24) is 9.71 Å². The van der Waals surface area contributed by atoms with E-state index >= 15 is 0 Å². The van der Waals surface area contributed by atoms with E-state index in [1.54, 1.807) is 20.8 Å². The maximum Gasteiger partial charge on any atom is 0.340 e. The summed E-state index contributed by atoms with van der Waals surface area (Å²) in [7, 11) is -2.48. The molecule has 0 unspecified atom stereocenters. The number of hydrogen-bond donors (Lipinski definition) is 2. The molecule has 0 saturated carbocycles. The van der Waals surface area contributed by atoms with Gasteiger partial charge in [0.05, 0.1) is 28.2 Å². The van der Waals surface area contributed by atoms with Crippen LogP contribution in [0.3, 0.4) is 0 Å². The molecule has 0 spiro atoms. The van der Waals surface area contributed by atoms with Crippen LogP contribution in [0.15, 0.2) is 29.2 Å². The molecule has 9 nitrogen and oxygen atoms in total. The lowest BCUT2D eigenvalue weighted by atomic mass is 10.1. The first-order valence-electron chi connectivity index (χ1n) is 8.72. The molecule has 2 aromatic rings. The first-order chi connectivity index (χ1) is 13.6. The molecule has 0 amide bonds. The molecule has 0 aliphatic carbocycles. The van der Waals surface area contributed by atoms with E-state index in [-0.39, 0.29) is 28.2 Å². The third-order valence-electron chi connectivity index (χ3n) is 4.12. The predicted molar refractivity (Wildman–Crippen MR) is 104 cm³/mol. The van der Waals surface area contributed by atoms with Crippen molar-refractivity contribution in [3.8, 4) is 0 Å². The Morgan fingerprint density at radius 3 is 2.31 bits per heavy atom. The lowest BCUT2D eigenvalue weighted by Gasteiger charge is -2.08. The number of H-pyrrole nitrogens is 1. The van der Waals surface area contributed by atoms with E-state index in [1.165, 1.54) is 25.2 Å². The van der Waals surface area contributed by atoms with Crippen LogP contribution < -0.4 is 4.72 Å². The monoisotopic (exact) mass is 422 g/mol. The van der Waals surface area contributed by atoms with Gasteiger partial charge in [-0.1, -0.05) is 6.07 Å². The van der Waals surface area contributed by atoms with Crippen molar-refractivity contribution in [3.63, 3.8) is 0 Å². The molecule has 1 heterocycles. The summed E-state index contributed by atoms with van der Waals surface area (Å²) in [6, 6.07) is 5.23. The highest BCUT2D eigenvalue weighted by Crippen LogP contribution is 2.21. The van der Waals surface area contributed by atoms with E-state index in [0.717, 1.165) is 6.07 Å². The van der Waals surface area contributed by atoms with Gasteiger partial charge < -0.3 is 14.5 Å². The van der Waals surface area contributed by atoms with Crippen LogP contribution in [0, 0.1) is 13.8 Å². The average molecular weight is 422 g/mol. The molecule has 1 aromatic heterocycles. The normalized spacial score (nSPS) is 11.2. The molecule has 0 bridgehead atoms. The molecule has 0 atom stereocenters. The number of carbonyl (C=O) groups excluding carboxylic acids is 3. The maximum absolute atomic E-state index is 12.6. The number of Topliss-reactive ketones (excluding diaryl/α,β-unsaturated/α-hetero) is 1. The quantitative estimate of drug-likeness (QED) is 0.489. The first kappa shape index (κ1) is 22.3. The lowest BCUT2D eigenvalue weighted by Crippen LogP contribution is -2.20. The number of hydrogen-bond acceptors (Lipinski definition) is 7. The molecule has 0 fully saturated rings. The van der Waals surface area contributed by atoms with Crippen LogP contribution in [0.5, 0.6) is 0 Å². The number of benzene rings is 1. The first-order valence-corrected chi connectivity index (χ1v) is 10.2. The number of aromatic amines is 1. The van der Waals surface area contributed by atoms with E-state index in [0.29, 0.717) is 11.4 Å². The van der Waals surface area contributed by atoms with Crippen LogP contribution in [0.25, 0.3) is 0 Å². The third-order valence-corrected chi connectivity index (χ3v) is 5.53. The minimum Gasteiger partial charge on any atom is -0.462 e. The van der Waals surface area contributed by atoms with Crippen LogP contribution in [-0.4, -0.2) is 51.4 Å². The molecule has 156 valence electrons. The van der Waals surface area contributed by atoms with Gasteiger partial charge in [-0.25, -0.2) is 22.7 Å². The average Bonchev–Trinajstić information content (AvgIpc) is 3.00. The van der Waals surface area contributed by atoms with Crippen LogP contribution >= 0.6 is 0 Å². The molecule has 10 heteroatoms. The van der Waals surface area contributed by atoms with Gasteiger partial charge in [-0.15, -0.1) is 0 Å². The fourth-order valence-corrected chi connectivity index (χ4v) is 3.56. The van der Waals surface area contributed by atoms with Crippen molar-refractivity contribution >= 4 is 27.7 Å². The maximum atomic E-state index is 12.6. The molecule has 0 saturated heterocycles. The smallest absolute Gasteiger partial charge is 0.340 e. The lowest BCUT2D eigenvalue weighted by molar-refractivity contribution is 0.0472. The number of rotatable bonds is 8. The second-order valence-electron chi connectivity index (χ2n) is 6.08.